The number of aryl methyl sites for hydroxylation is 1. The summed E-state index contributed by atoms with van der Waals surface area (Å²) in [5.41, 5.74) is 5.83. The fourth-order valence-electron chi connectivity index (χ4n) is 1.15. The number of carbonyl (C=O) groups excluding carboxylic acids is 1. The lowest BCUT2D eigenvalue weighted by Gasteiger charge is -2.00. The molecule has 5 nitrogen and oxygen atoms in total. The Bertz CT molecular complexity index is 337. The number of alkyl halides is 1. The number of hydrogen-bond donors (Lipinski definition) is 2. The van der Waals surface area contributed by atoms with Crippen molar-refractivity contribution in [1.82, 2.24) is 15.1 Å². The average Bonchev–Trinajstić information content (AvgIpc) is 2.57. The van der Waals surface area contributed by atoms with Gasteiger partial charge in [0.15, 0.2) is 5.82 Å². The van der Waals surface area contributed by atoms with E-state index in [0.29, 0.717) is 12.1 Å². The van der Waals surface area contributed by atoms with Gasteiger partial charge in [-0.3, -0.25) is 9.48 Å². The highest BCUT2D eigenvalue weighted by Gasteiger charge is 2.13. The summed E-state index contributed by atoms with van der Waals surface area (Å²) in [6.07, 6.45) is 2.31. The summed E-state index contributed by atoms with van der Waals surface area (Å²) < 4.78 is 13.4. The average molecular weight is 214 g/mol. The molecule has 0 aliphatic heterocycles. The van der Waals surface area contributed by atoms with E-state index in [0.717, 1.165) is 6.42 Å². The Labute approximate surface area is 87.4 Å². The third-order valence-electron chi connectivity index (χ3n) is 1.88. The molecule has 0 fully saturated rings. The van der Waals surface area contributed by atoms with Crippen LogP contribution in [0.25, 0.3) is 0 Å². The van der Waals surface area contributed by atoms with Crippen LogP contribution in [0.2, 0.25) is 0 Å². The second-order valence-corrected chi connectivity index (χ2v) is 3.14. The molecule has 0 aromatic carbocycles. The van der Waals surface area contributed by atoms with Crippen molar-refractivity contribution >= 4 is 11.7 Å². The number of aromatic nitrogens is 2. The van der Waals surface area contributed by atoms with Crippen LogP contribution in [0.15, 0.2) is 6.20 Å². The summed E-state index contributed by atoms with van der Waals surface area (Å²) in [6.45, 7) is 2.13. The Kier molecular flexibility index (Phi) is 4.08. The van der Waals surface area contributed by atoms with Crippen LogP contribution in [0.5, 0.6) is 0 Å². The first-order valence-corrected chi connectivity index (χ1v) is 4.86. The molecule has 0 atom stereocenters. The van der Waals surface area contributed by atoms with E-state index in [2.05, 4.69) is 10.4 Å². The minimum atomic E-state index is -0.531. The van der Waals surface area contributed by atoms with Crippen molar-refractivity contribution in [3.8, 4) is 0 Å². The second-order valence-electron chi connectivity index (χ2n) is 3.14. The van der Waals surface area contributed by atoms with Crippen molar-refractivity contribution in [1.29, 1.82) is 0 Å². The number of carbonyl (C=O) groups is 1. The normalized spacial score (nSPS) is 10.3. The van der Waals surface area contributed by atoms with E-state index >= 15 is 0 Å². The van der Waals surface area contributed by atoms with Crippen LogP contribution in [0.3, 0.4) is 0 Å². The van der Waals surface area contributed by atoms with Gasteiger partial charge in [0.2, 0.25) is 0 Å². The van der Waals surface area contributed by atoms with Gasteiger partial charge in [-0.05, 0) is 6.42 Å². The van der Waals surface area contributed by atoms with Crippen molar-refractivity contribution < 1.29 is 9.18 Å². The molecular formula is C9H15FN4O. The minimum absolute atomic E-state index is 0.116. The van der Waals surface area contributed by atoms with Gasteiger partial charge in [0.1, 0.15) is 12.2 Å². The topological polar surface area (TPSA) is 72.9 Å². The van der Waals surface area contributed by atoms with Gasteiger partial charge in [0.05, 0.1) is 6.54 Å². The highest BCUT2D eigenvalue weighted by atomic mass is 19.1. The lowest BCUT2D eigenvalue weighted by Crippen LogP contribution is -2.24. The summed E-state index contributed by atoms with van der Waals surface area (Å²) in [6, 6.07) is 0. The van der Waals surface area contributed by atoms with Crippen LogP contribution in [-0.4, -0.2) is 28.9 Å². The zero-order chi connectivity index (χ0) is 11.3. The first-order chi connectivity index (χ1) is 7.19. The molecule has 15 heavy (non-hydrogen) atoms. The summed E-state index contributed by atoms with van der Waals surface area (Å²) in [5.74, 6) is -0.128. The van der Waals surface area contributed by atoms with Gasteiger partial charge < -0.3 is 11.1 Å². The van der Waals surface area contributed by atoms with E-state index < -0.39 is 6.67 Å². The number of amides is 1. The van der Waals surface area contributed by atoms with E-state index in [9.17, 15) is 9.18 Å². The smallest absolute Gasteiger partial charge is 0.256 e. The van der Waals surface area contributed by atoms with Crippen LogP contribution in [0, 0.1) is 0 Å². The summed E-state index contributed by atoms with van der Waals surface area (Å²) in [7, 11) is 0. The molecule has 0 aliphatic carbocycles. The fraction of sp³-hybridized carbons (Fsp3) is 0.556. The van der Waals surface area contributed by atoms with Crippen LogP contribution in [-0.2, 0) is 6.54 Å². The predicted octanol–water partition coefficient (Wildman–Crippen LogP) is 0.575. The molecule has 0 unspecified atom stereocenters. The first kappa shape index (κ1) is 11.5. The molecule has 1 amide bonds. The zero-order valence-electron chi connectivity index (χ0n) is 8.66. The number of hydrogen-bond acceptors (Lipinski definition) is 3. The summed E-state index contributed by atoms with van der Waals surface area (Å²) in [5, 5.41) is 6.50. The van der Waals surface area contributed by atoms with Crippen molar-refractivity contribution in [2.45, 2.75) is 19.9 Å². The predicted molar refractivity (Wildman–Crippen MR) is 55.2 cm³/mol. The molecule has 1 aromatic rings. The lowest BCUT2D eigenvalue weighted by molar-refractivity contribution is 0.0954. The Balaban J connectivity index is 2.71. The number of nitrogens with zero attached hydrogens (tertiary/aromatic N) is 2. The van der Waals surface area contributed by atoms with Crippen molar-refractivity contribution in [3.63, 3.8) is 0 Å². The van der Waals surface area contributed by atoms with Gasteiger partial charge in [-0.15, -0.1) is 0 Å². The number of nitrogen functional groups attached to an aromatic ring is 1. The van der Waals surface area contributed by atoms with E-state index in [1.165, 1.54) is 10.9 Å². The lowest BCUT2D eigenvalue weighted by atomic mass is 10.3. The Morgan fingerprint density at radius 3 is 3.07 bits per heavy atom. The molecule has 0 spiro atoms. The standard InChI is InChI=1S/C9H15FN4O/c1-2-4-12-9(15)7-6-14(5-3-10)13-8(7)11/h6H,2-5H2,1H3,(H2,11,13)(H,12,15). The molecule has 1 aromatic heterocycles. The van der Waals surface area contributed by atoms with Gasteiger partial charge in [0.25, 0.3) is 5.91 Å². The molecule has 3 N–H and O–H groups in total. The second kappa shape index (κ2) is 5.33. The molecule has 84 valence electrons. The molecule has 0 saturated carbocycles. The molecule has 0 saturated heterocycles. The third-order valence-corrected chi connectivity index (χ3v) is 1.88. The largest absolute Gasteiger partial charge is 0.382 e. The Morgan fingerprint density at radius 1 is 1.73 bits per heavy atom. The van der Waals surface area contributed by atoms with Crippen molar-refractivity contribution in [2.75, 3.05) is 19.0 Å². The van der Waals surface area contributed by atoms with Gasteiger partial charge in [-0.1, -0.05) is 6.92 Å². The van der Waals surface area contributed by atoms with Gasteiger partial charge in [0, 0.05) is 12.7 Å². The third kappa shape index (κ3) is 2.93. The van der Waals surface area contributed by atoms with Crippen LogP contribution >= 0.6 is 0 Å². The highest BCUT2D eigenvalue weighted by molar-refractivity contribution is 5.98. The summed E-state index contributed by atoms with van der Waals surface area (Å²) in [4.78, 5) is 11.5. The van der Waals surface area contributed by atoms with Gasteiger partial charge in [-0.25, -0.2) is 4.39 Å². The molecule has 6 heteroatoms. The Hall–Kier alpha value is -1.59. The van der Waals surface area contributed by atoms with Gasteiger partial charge >= 0.3 is 0 Å². The Morgan fingerprint density at radius 2 is 2.47 bits per heavy atom. The molecule has 0 aliphatic rings. The quantitative estimate of drug-likeness (QED) is 0.752. The van der Waals surface area contributed by atoms with Crippen LogP contribution in [0.4, 0.5) is 10.2 Å². The minimum Gasteiger partial charge on any atom is -0.382 e. The van der Waals surface area contributed by atoms with Crippen molar-refractivity contribution in [2.24, 2.45) is 0 Å². The van der Waals surface area contributed by atoms with Gasteiger partial charge in [-0.2, -0.15) is 5.10 Å². The monoisotopic (exact) mass is 214 g/mol. The molecular weight excluding hydrogens is 199 g/mol. The number of rotatable bonds is 5. The fourth-order valence-corrected chi connectivity index (χ4v) is 1.15. The molecule has 0 radical (unpaired) electrons. The maximum atomic E-state index is 12.0. The van der Waals surface area contributed by atoms with Crippen LogP contribution in [0.1, 0.15) is 23.7 Å². The number of anilines is 1. The summed E-state index contributed by atoms with van der Waals surface area (Å²) >= 11 is 0. The zero-order valence-corrected chi connectivity index (χ0v) is 8.66. The SMILES string of the molecule is CCCNC(=O)c1cn(CCF)nc1N. The maximum Gasteiger partial charge on any atom is 0.256 e. The molecule has 1 rings (SSSR count). The highest BCUT2D eigenvalue weighted by Crippen LogP contribution is 2.08. The molecule has 1 heterocycles. The van der Waals surface area contributed by atoms with Crippen LogP contribution < -0.4 is 11.1 Å². The van der Waals surface area contributed by atoms with E-state index in [1.54, 1.807) is 0 Å². The number of nitrogens with one attached hydrogen (secondary N) is 1. The van der Waals surface area contributed by atoms with Crippen molar-refractivity contribution in [3.05, 3.63) is 11.8 Å². The number of nitrogens with two attached hydrogens (primary N) is 1. The maximum absolute atomic E-state index is 12.0. The van der Waals surface area contributed by atoms with E-state index in [-0.39, 0.29) is 18.3 Å². The van der Waals surface area contributed by atoms with E-state index in [4.69, 9.17) is 5.73 Å². The molecule has 0 bridgehead atoms. The number of halogens is 1. The first-order valence-electron chi connectivity index (χ1n) is 4.86. The van der Waals surface area contributed by atoms with E-state index in [1.807, 2.05) is 6.92 Å².